The molecule has 1 atom stereocenters. The third-order valence-electron chi connectivity index (χ3n) is 4.03. The molecule has 2 aromatic rings. The smallest absolute Gasteiger partial charge is 0.305 e. The maximum atomic E-state index is 12.3. The average molecular weight is 395 g/mol. The van der Waals surface area contributed by atoms with Crippen molar-refractivity contribution >= 4 is 17.8 Å². The number of azide groups is 1. The molecule has 0 aliphatic heterocycles. The number of benzene rings is 2. The standard InChI is InChI=1S/C20H21N5O4/c21-25-23-13-17(11-19(27)28)24-20(29)16-8-6-15(7-9-16)12-22-18(26)10-14-4-2-1-3-5-14/h1-9,17H,10-13H2,(H,22,26)(H,24,29)(H,27,28)/t17-/m0/s1. The highest BCUT2D eigenvalue weighted by atomic mass is 16.4. The van der Waals surface area contributed by atoms with Gasteiger partial charge in [-0.25, -0.2) is 0 Å². The second-order valence-electron chi connectivity index (χ2n) is 6.32. The Morgan fingerprint density at radius 1 is 1.03 bits per heavy atom. The maximum Gasteiger partial charge on any atom is 0.305 e. The van der Waals surface area contributed by atoms with Crippen LogP contribution in [0.25, 0.3) is 10.4 Å². The Morgan fingerprint density at radius 2 is 1.72 bits per heavy atom. The number of carbonyl (C=O) groups is 3. The van der Waals surface area contributed by atoms with Gasteiger partial charge >= 0.3 is 5.97 Å². The molecule has 0 unspecified atom stereocenters. The van der Waals surface area contributed by atoms with Crippen LogP contribution in [0, 0.1) is 0 Å². The molecule has 2 rings (SSSR count). The normalized spacial score (nSPS) is 11.0. The number of carboxylic acid groups (broad SMARTS) is 1. The van der Waals surface area contributed by atoms with Crippen molar-refractivity contribution in [1.29, 1.82) is 0 Å². The number of amides is 2. The van der Waals surface area contributed by atoms with E-state index in [0.717, 1.165) is 11.1 Å². The predicted molar refractivity (Wildman–Crippen MR) is 106 cm³/mol. The van der Waals surface area contributed by atoms with E-state index in [2.05, 4.69) is 20.7 Å². The van der Waals surface area contributed by atoms with E-state index < -0.39 is 17.9 Å². The Labute approximate surface area is 167 Å². The van der Waals surface area contributed by atoms with Crippen LogP contribution in [-0.4, -0.2) is 35.5 Å². The van der Waals surface area contributed by atoms with Gasteiger partial charge in [0, 0.05) is 29.6 Å². The zero-order valence-corrected chi connectivity index (χ0v) is 15.6. The summed E-state index contributed by atoms with van der Waals surface area (Å²) in [6.45, 7) is 0.173. The number of carbonyl (C=O) groups excluding carboxylic acids is 2. The van der Waals surface area contributed by atoms with Gasteiger partial charge in [0.2, 0.25) is 5.91 Å². The van der Waals surface area contributed by atoms with Crippen LogP contribution >= 0.6 is 0 Å². The molecule has 9 nitrogen and oxygen atoms in total. The minimum atomic E-state index is -1.11. The summed E-state index contributed by atoms with van der Waals surface area (Å²) < 4.78 is 0. The fraction of sp³-hybridized carbons (Fsp3) is 0.250. The highest BCUT2D eigenvalue weighted by Gasteiger charge is 2.16. The van der Waals surface area contributed by atoms with Crippen LogP contribution in [0.1, 0.15) is 27.9 Å². The van der Waals surface area contributed by atoms with Gasteiger partial charge in [0.25, 0.3) is 5.91 Å². The van der Waals surface area contributed by atoms with E-state index in [0.29, 0.717) is 12.1 Å². The molecule has 2 aromatic carbocycles. The molecule has 9 heteroatoms. The maximum absolute atomic E-state index is 12.3. The highest BCUT2D eigenvalue weighted by Crippen LogP contribution is 2.06. The Morgan fingerprint density at radius 3 is 2.34 bits per heavy atom. The Balaban J connectivity index is 1.87. The Kier molecular flexibility index (Phi) is 8.22. The van der Waals surface area contributed by atoms with Gasteiger partial charge in [-0.3, -0.25) is 14.4 Å². The van der Waals surface area contributed by atoms with Gasteiger partial charge < -0.3 is 15.7 Å². The first kappa shape index (κ1) is 21.5. The van der Waals surface area contributed by atoms with E-state index >= 15 is 0 Å². The van der Waals surface area contributed by atoms with Crippen molar-refractivity contribution in [2.45, 2.75) is 25.4 Å². The molecule has 0 radical (unpaired) electrons. The molecule has 3 N–H and O–H groups in total. The lowest BCUT2D eigenvalue weighted by Crippen LogP contribution is -2.38. The van der Waals surface area contributed by atoms with Crippen LogP contribution in [0.3, 0.4) is 0 Å². The quantitative estimate of drug-likeness (QED) is 0.322. The minimum Gasteiger partial charge on any atom is -0.481 e. The zero-order valence-electron chi connectivity index (χ0n) is 15.6. The third-order valence-corrected chi connectivity index (χ3v) is 4.03. The van der Waals surface area contributed by atoms with Gasteiger partial charge in [0.15, 0.2) is 0 Å². The molecule has 0 aliphatic rings. The van der Waals surface area contributed by atoms with Crippen LogP contribution in [0.4, 0.5) is 0 Å². The number of nitrogens with zero attached hydrogens (tertiary/aromatic N) is 3. The molecule has 29 heavy (non-hydrogen) atoms. The second-order valence-corrected chi connectivity index (χ2v) is 6.32. The third kappa shape index (κ3) is 7.74. The molecule has 0 heterocycles. The molecular formula is C20H21N5O4. The van der Waals surface area contributed by atoms with Crippen molar-refractivity contribution in [3.63, 3.8) is 0 Å². The van der Waals surface area contributed by atoms with E-state index in [1.54, 1.807) is 24.3 Å². The first-order chi connectivity index (χ1) is 14.0. The first-order valence-corrected chi connectivity index (χ1v) is 8.91. The van der Waals surface area contributed by atoms with Crippen LogP contribution < -0.4 is 10.6 Å². The fourth-order valence-electron chi connectivity index (χ4n) is 2.59. The molecule has 0 aliphatic carbocycles. The van der Waals surface area contributed by atoms with E-state index in [4.69, 9.17) is 10.6 Å². The van der Waals surface area contributed by atoms with Crippen LogP contribution in [0.5, 0.6) is 0 Å². The summed E-state index contributed by atoms with van der Waals surface area (Å²) in [6, 6.07) is 15.2. The average Bonchev–Trinajstić information content (AvgIpc) is 2.71. The van der Waals surface area contributed by atoms with Crippen molar-refractivity contribution in [2.75, 3.05) is 6.54 Å². The summed E-state index contributed by atoms with van der Waals surface area (Å²) in [7, 11) is 0. The molecule has 0 fully saturated rings. The van der Waals surface area contributed by atoms with Crippen molar-refractivity contribution < 1.29 is 19.5 Å². The first-order valence-electron chi connectivity index (χ1n) is 8.91. The van der Waals surface area contributed by atoms with Crippen molar-refractivity contribution in [2.24, 2.45) is 5.11 Å². The van der Waals surface area contributed by atoms with E-state index in [9.17, 15) is 14.4 Å². The topological polar surface area (TPSA) is 144 Å². The lowest BCUT2D eigenvalue weighted by Gasteiger charge is -2.14. The lowest BCUT2D eigenvalue weighted by molar-refractivity contribution is -0.137. The van der Waals surface area contributed by atoms with Gasteiger partial charge in [0.1, 0.15) is 0 Å². The second kappa shape index (κ2) is 11.1. The van der Waals surface area contributed by atoms with Gasteiger partial charge in [-0.15, -0.1) is 0 Å². The fourth-order valence-corrected chi connectivity index (χ4v) is 2.59. The summed E-state index contributed by atoms with van der Waals surface area (Å²) in [5.74, 6) is -1.68. The Bertz CT molecular complexity index is 889. The highest BCUT2D eigenvalue weighted by molar-refractivity contribution is 5.94. The van der Waals surface area contributed by atoms with Gasteiger partial charge in [-0.2, -0.15) is 0 Å². The molecule has 0 saturated carbocycles. The van der Waals surface area contributed by atoms with Crippen LogP contribution in [0.2, 0.25) is 0 Å². The van der Waals surface area contributed by atoms with E-state index in [-0.39, 0.29) is 25.3 Å². The summed E-state index contributed by atoms with van der Waals surface area (Å²) in [5, 5.41) is 17.6. The molecule has 0 spiro atoms. The van der Waals surface area contributed by atoms with Gasteiger partial charge in [0.05, 0.1) is 12.8 Å². The summed E-state index contributed by atoms with van der Waals surface area (Å²) in [4.78, 5) is 37.7. The van der Waals surface area contributed by atoms with Gasteiger partial charge in [-0.1, -0.05) is 47.6 Å². The lowest BCUT2D eigenvalue weighted by atomic mass is 10.1. The van der Waals surface area contributed by atoms with Crippen molar-refractivity contribution in [3.05, 3.63) is 81.7 Å². The molecule has 0 bridgehead atoms. The summed E-state index contributed by atoms with van der Waals surface area (Å²) >= 11 is 0. The monoisotopic (exact) mass is 395 g/mol. The minimum absolute atomic E-state index is 0.104. The van der Waals surface area contributed by atoms with Crippen LogP contribution in [0.15, 0.2) is 59.7 Å². The van der Waals surface area contributed by atoms with E-state index in [1.807, 2.05) is 30.3 Å². The van der Waals surface area contributed by atoms with Gasteiger partial charge in [-0.05, 0) is 28.8 Å². The summed E-state index contributed by atoms with van der Waals surface area (Å²) in [6.07, 6.45) is -0.0617. The number of nitrogens with one attached hydrogen (secondary N) is 2. The molecule has 150 valence electrons. The van der Waals surface area contributed by atoms with Crippen molar-refractivity contribution in [3.8, 4) is 0 Å². The summed E-state index contributed by atoms with van der Waals surface area (Å²) in [5.41, 5.74) is 10.4. The zero-order chi connectivity index (χ0) is 21.1. The van der Waals surface area contributed by atoms with Crippen molar-refractivity contribution in [1.82, 2.24) is 10.6 Å². The molecule has 0 aromatic heterocycles. The van der Waals surface area contributed by atoms with Crippen LogP contribution in [-0.2, 0) is 22.6 Å². The Hall–Kier alpha value is -3.84. The molecule has 2 amide bonds. The molecule has 0 saturated heterocycles. The van der Waals surface area contributed by atoms with E-state index in [1.165, 1.54) is 0 Å². The largest absolute Gasteiger partial charge is 0.481 e. The number of aliphatic carboxylic acids is 1. The number of hydrogen-bond donors (Lipinski definition) is 3. The molecular weight excluding hydrogens is 374 g/mol. The SMILES string of the molecule is [N-]=[N+]=NC[C@H](CC(=O)O)NC(=O)c1ccc(CNC(=O)Cc2ccccc2)cc1. The predicted octanol–water partition coefficient (Wildman–Crippen LogP) is 2.43. The number of carboxylic acids is 1. The number of hydrogen-bond acceptors (Lipinski definition) is 4. The number of rotatable bonds is 10.